The van der Waals surface area contributed by atoms with Crippen molar-refractivity contribution in [3.8, 4) is 0 Å². The molecule has 1 fully saturated rings. The molecule has 0 atom stereocenters. The molecule has 82 valence electrons. The van der Waals surface area contributed by atoms with Crippen LogP contribution in [0.4, 0.5) is 4.39 Å². The Hall–Kier alpha value is -0.410. The standard InChI is InChI=1S/C12H14BrFO/c13-11-7-10(3-4-12(11)14)8-15-6-5-9-1-2-9/h3-4,7,9H,1-2,5-6,8H2. The van der Waals surface area contributed by atoms with E-state index in [1.165, 1.54) is 25.3 Å². The first kappa shape index (κ1) is 11.1. The molecule has 0 aliphatic heterocycles. The van der Waals surface area contributed by atoms with Gasteiger partial charge in [0.05, 0.1) is 11.1 Å². The maximum absolute atomic E-state index is 12.9. The van der Waals surface area contributed by atoms with Crippen molar-refractivity contribution in [1.29, 1.82) is 0 Å². The minimum absolute atomic E-state index is 0.225. The molecule has 1 aromatic carbocycles. The summed E-state index contributed by atoms with van der Waals surface area (Å²) in [4.78, 5) is 0. The number of hydrogen-bond donors (Lipinski definition) is 0. The van der Waals surface area contributed by atoms with Crippen LogP contribution in [0.2, 0.25) is 0 Å². The molecule has 0 unspecified atom stereocenters. The van der Waals surface area contributed by atoms with Crippen LogP contribution in [-0.2, 0) is 11.3 Å². The molecule has 0 saturated heterocycles. The molecule has 1 aliphatic rings. The number of benzene rings is 1. The van der Waals surface area contributed by atoms with Crippen molar-refractivity contribution < 1.29 is 9.13 Å². The molecular formula is C12H14BrFO. The first-order chi connectivity index (χ1) is 7.25. The van der Waals surface area contributed by atoms with Crippen molar-refractivity contribution >= 4 is 15.9 Å². The van der Waals surface area contributed by atoms with Gasteiger partial charge in [-0.3, -0.25) is 0 Å². The second kappa shape index (κ2) is 5.08. The molecule has 0 N–H and O–H groups in total. The smallest absolute Gasteiger partial charge is 0.137 e. The maximum atomic E-state index is 12.9. The Balaban J connectivity index is 1.74. The summed E-state index contributed by atoms with van der Waals surface area (Å²) < 4.78 is 18.9. The summed E-state index contributed by atoms with van der Waals surface area (Å²) in [5.74, 6) is 0.682. The average molecular weight is 273 g/mol. The van der Waals surface area contributed by atoms with E-state index in [0.717, 1.165) is 18.1 Å². The van der Waals surface area contributed by atoms with Gasteiger partial charge in [-0.05, 0) is 46.0 Å². The van der Waals surface area contributed by atoms with Crippen LogP contribution in [0.15, 0.2) is 22.7 Å². The molecule has 1 aromatic rings. The number of hydrogen-bond acceptors (Lipinski definition) is 1. The second-order valence-electron chi connectivity index (χ2n) is 4.03. The molecule has 0 bridgehead atoms. The third-order valence-corrected chi connectivity index (χ3v) is 3.23. The molecule has 0 heterocycles. The topological polar surface area (TPSA) is 9.23 Å². The normalized spacial score (nSPS) is 15.6. The molecule has 1 aliphatic carbocycles. The van der Waals surface area contributed by atoms with E-state index in [1.54, 1.807) is 12.1 Å². The van der Waals surface area contributed by atoms with Gasteiger partial charge in [0.15, 0.2) is 0 Å². The predicted octanol–water partition coefficient (Wildman–Crippen LogP) is 3.90. The third-order valence-electron chi connectivity index (χ3n) is 2.62. The van der Waals surface area contributed by atoms with E-state index >= 15 is 0 Å². The van der Waals surface area contributed by atoms with E-state index < -0.39 is 0 Å². The Labute approximate surface area is 97.8 Å². The van der Waals surface area contributed by atoms with Crippen molar-refractivity contribution in [2.45, 2.75) is 25.9 Å². The SMILES string of the molecule is Fc1ccc(COCCC2CC2)cc1Br. The van der Waals surface area contributed by atoms with Crippen LogP contribution in [0.1, 0.15) is 24.8 Å². The van der Waals surface area contributed by atoms with Gasteiger partial charge in [0.1, 0.15) is 5.82 Å². The van der Waals surface area contributed by atoms with Gasteiger partial charge in [-0.1, -0.05) is 18.9 Å². The molecule has 1 saturated carbocycles. The lowest BCUT2D eigenvalue weighted by Crippen LogP contribution is -1.96. The van der Waals surface area contributed by atoms with Crippen molar-refractivity contribution in [3.05, 3.63) is 34.1 Å². The van der Waals surface area contributed by atoms with E-state index in [-0.39, 0.29) is 5.82 Å². The van der Waals surface area contributed by atoms with Crippen molar-refractivity contribution in [2.24, 2.45) is 5.92 Å². The van der Waals surface area contributed by atoms with Crippen LogP contribution < -0.4 is 0 Å². The van der Waals surface area contributed by atoms with Gasteiger partial charge < -0.3 is 4.74 Å². The minimum Gasteiger partial charge on any atom is -0.377 e. The van der Waals surface area contributed by atoms with E-state index in [0.29, 0.717) is 11.1 Å². The van der Waals surface area contributed by atoms with Gasteiger partial charge in [-0.25, -0.2) is 4.39 Å². The van der Waals surface area contributed by atoms with Crippen LogP contribution in [0.25, 0.3) is 0 Å². The zero-order valence-corrected chi connectivity index (χ0v) is 10.1. The number of ether oxygens (including phenoxy) is 1. The Morgan fingerprint density at radius 1 is 1.40 bits per heavy atom. The van der Waals surface area contributed by atoms with E-state index in [1.807, 2.05) is 0 Å². The van der Waals surface area contributed by atoms with Crippen LogP contribution in [0, 0.1) is 11.7 Å². The fourth-order valence-corrected chi connectivity index (χ4v) is 1.90. The first-order valence-corrected chi connectivity index (χ1v) is 6.06. The highest BCUT2D eigenvalue weighted by molar-refractivity contribution is 9.10. The summed E-state index contributed by atoms with van der Waals surface area (Å²) in [6, 6.07) is 4.99. The molecule has 0 spiro atoms. The maximum Gasteiger partial charge on any atom is 0.137 e. The zero-order valence-electron chi connectivity index (χ0n) is 8.51. The third kappa shape index (κ3) is 3.58. The molecule has 1 nitrogen and oxygen atoms in total. The predicted molar refractivity (Wildman–Crippen MR) is 61.1 cm³/mol. The lowest BCUT2D eigenvalue weighted by atomic mass is 10.2. The summed E-state index contributed by atoms with van der Waals surface area (Å²) in [7, 11) is 0. The second-order valence-corrected chi connectivity index (χ2v) is 4.89. The molecule has 2 rings (SSSR count). The molecule has 15 heavy (non-hydrogen) atoms. The average Bonchev–Trinajstić information content (AvgIpc) is 3.02. The van der Waals surface area contributed by atoms with E-state index in [2.05, 4.69) is 15.9 Å². The summed E-state index contributed by atoms with van der Waals surface area (Å²) in [5.41, 5.74) is 1.01. The minimum atomic E-state index is -0.225. The number of halogens is 2. The number of rotatable bonds is 5. The van der Waals surface area contributed by atoms with Gasteiger partial charge in [-0.15, -0.1) is 0 Å². The molecule has 3 heteroatoms. The summed E-state index contributed by atoms with van der Waals surface area (Å²) >= 11 is 3.16. The van der Waals surface area contributed by atoms with Crippen molar-refractivity contribution in [3.63, 3.8) is 0 Å². The van der Waals surface area contributed by atoms with Crippen LogP contribution >= 0.6 is 15.9 Å². The Bertz CT molecular complexity index is 336. The summed E-state index contributed by atoms with van der Waals surface area (Å²) in [5, 5.41) is 0. The Morgan fingerprint density at radius 3 is 2.87 bits per heavy atom. The van der Waals surface area contributed by atoms with Gasteiger partial charge in [-0.2, -0.15) is 0 Å². The largest absolute Gasteiger partial charge is 0.377 e. The van der Waals surface area contributed by atoms with Crippen LogP contribution in [0.5, 0.6) is 0 Å². The van der Waals surface area contributed by atoms with Gasteiger partial charge in [0.2, 0.25) is 0 Å². The Kier molecular flexibility index (Phi) is 3.76. The molecule has 0 amide bonds. The summed E-state index contributed by atoms with van der Waals surface area (Å²) in [6.45, 7) is 1.39. The highest BCUT2D eigenvalue weighted by Gasteiger charge is 2.20. The fourth-order valence-electron chi connectivity index (χ4n) is 1.48. The quantitative estimate of drug-likeness (QED) is 0.739. The van der Waals surface area contributed by atoms with Crippen molar-refractivity contribution in [2.75, 3.05) is 6.61 Å². The first-order valence-electron chi connectivity index (χ1n) is 5.27. The van der Waals surface area contributed by atoms with Crippen LogP contribution in [0.3, 0.4) is 0 Å². The van der Waals surface area contributed by atoms with E-state index in [4.69, 9.17) is 4.74 Å². The van der Waals surface area contributed by atoms with Gasteiger partial charge in [0.25, 0.3) is 0 Å². The Morgan fingerprint density at radius 2 is 2.20 bits per heavy atom. The van der Waals surface area contributed by atoms with Gasteiger partial charge >= 0.3 is 0 Å². The molecular weight excluding hydrogens is 259 g/mol. The van der Waals surface area contributed by atoms with E-state index in [9.17, 15) is 4.39 Å². The van der Waals surface area contributed by atoms with Crippen LogP contribution in [-0.4, -0.2) is 6.61 Å². The van der Waals surface area contributed by atoms with Crippen molar-refractivity contribution in [1.82, 2.24) is 0 Å². The summed E-state index contributed by atoms with van der Waals surface area (Å²) in [6.07, 6.45) is 3.90. The highest BCUT2D eigenvalue weighted by Crippen LogP contribution is 2.32. The lowest BCUT2D eigenvalue weighted by Gasteiger charge is -2.04. The lowest BCUT2D eigenvalue weighted by molar-refractivity contribution is 0.115. The highest BCUT2D eigenvalue weighted by atomic mass is 79.9. The molecule has 0 aromatic heterocycles. The molecule has 0 radical (unpaired) electrons. The van der Waals surface area contributed by atoms with Gasteiger partial charge in [0, 0.05) is 6.61 Å². The fraction of sp³-hybridized carbons (Fsp3) is 0.500. The zero-order chi connectivity index (χ0) is 10.7. The monoisotopic (exact) mass is 272 g/mol.